The summed E-state index contributed by atoms with van der Waals surface area (Å²) in [7, 11) is 0. The van der Waals surface area contributed by atoms with E-state index in [0.29, 0.717) is 16.5 Å². The molecule has 2 heterocycles. The lowest BCUT2D eigenvalue weighted by Gasteiger charge is -2.33. The molecule has 3 rings (SSSR count). The van der Waals surface area contributed by atoms with E-state index in [-0.39, 0.29) is 17.8 Å². The Morgan fingerprint density at radius 2 is 2.23 bits per heavy atom. The summed E-state index contributed by atoms with van der Waals surface area (Å²) in [4.78, 5) is 18.7. The Kier molecular flexibility index (Phi) is 5.96. The van der Waals surface area contributed by atoms with E-state index in [0.717, 1.165) is 38.0 Å². The van der Waals surface area contributed by atoms with Crippen LogP contribution in [-0.4, -0.2) is 40.2 Å². The Labute approximate surface area is 158 Å². The van der Waals surface area contributed by atoms with Crippen molar-refractivity contribution in [2.45, 2.75) is 32.4 Å². The molecule has 0 spiro atoms. The van der Waals surface area contributed by atoms with Gasteiger partial charge in [-0.3, -0.25) is 4.90 Å². The molecule has 1 atom stereocenters. The number of amides is 2. The van der Waals surface area contributed by atoms with Crippen molar-refractivity contribution in [1.82, 2.24) is 15.2 Å². The molecule has 1 aliphatic heterocycles. The first-order chi connectivity index (χ1) is 12.5. The summed E-state index contributed by atoms with van der Waals surface area (Å²) in [6.45, 7) is 4.32. The number of anilines is 1. The summed E-state index contributed by atoms with van der Waals surface area (Å²) < 4.78 is 0. The molecular weight excluding hydrogens is 352 g/mol. The van der Waals surface area contributed by atoms with Crippen LogP contribution in [0.3, 0.4) is 0 Å². The molecule has 0 unspecified atom stereocenters. The van der Waals surface area contributed by atoms with E-state index in [1.165, 1.54) is 0 Å². The van der Waals surface area contributed by atoms with Crippen LogP contribution in [0.15, 0.2) is 36.4 Å². The number of aromatic nitrogens is 1. The molecule has 0 bridgehead atoms. The van der Waals surface area contributed by atoms with Crippen LogP contribution in [0.5, 0.6) is 5.75 Å². The summed E-state index contributed by atoms with van der Waals surface area (Å²) in [6, 6.07) is 10.5. The fourth-order valence-corrected chi connectivity index (χ4v) is 3.43. The van der Waals surface area contributed by atoms with Crippen LogP contribution in [0.4, 0.5) is 10.5 Å². The monoisotopic (exact) mass is 374 g/mol. The van der Waals surface area contributed by atoms with Crippen LogP contribution in [0.1, 0.15) is 24.1 Å². The Bertz CT molecular complexity index is 784. The van der Waals surface area contributed by atoms with E-state index in [9.17, 15) is 9.90 Å². The van der Waals surface area contributed by atoms with Gasteiger partial charge in [0.15, 0.2) is 0 Å². The first kappa shape index (κ1) is 18.5. The molecule has 1 saturated heterocycles. The lowest BCUT2D eigenvalue weighted by molar-refractivity contribution is 0.183. The topological polar surface area (TPSA) is 77.5 Å². The highest BCUT2D eigenvalue weighted by molar-refractivity contribution is 6.29. The van der Waals surface area contributed by atoms with E-state index in [1.54, 1.807) is 31.2 Å². The van der Waals surface area contributed by atoms with Crippen LogP contribution < -0.4 is 10.6 Å². The smallest absolute Gasteiger partial charge is 0.319 e. The molecule has 138 valence electrons. The SMILES string of the molecule is Cc1nc(Cl)ccc1NC(=O)N[C@H]1CCCN(Cc2cccc(O)c2)C1. The number of urea groups is 1. The first-order valence-electron chi connectivity index (χ1n) is 8.70. The van der Waals surface area contributed by atoms with E-state index < -0.39 is 0 Å². The lowest BCUT2D eigenvalue weighted by Crippen LogP contribution is -2.48. The number of nitrogens with one attached hydrogen (secondary N) is 2. The number of benzene rings is 1. The van der Waals surface area contributed by atoms with E-state index >= 15 is 0 Å². The quantitative estimate of drug-likeness (QED) is 0.715. The number of nitrogens with zero attached hydrogens (tertiary/aromatic N) is 2. The van der Waals surface area contributed by atoms with Gasteiger partial charge in [0.2, 0.25) is 0 Å². The number of halogens is 1. The molecule has 26 heavy (non-hydrogen) atoms. The number of carbonyl (C=O) groups is 1. The molecule has 2 aromatic rings. The minimum absolute atomic E-state index is 0.0848. The summed E-state index contributed by atoms with van der Waals surface area (Å²) in [5, 5.41) is 15.9. The molecule has 1 aromatic carbocycles. The Morgan fingerprint density at radius 1 is 1.38 bits per heavy atom. The van der Waals surface area contributed by atoms with Gasteiger partial charge in [-0.25, -0.2) is 9.78 Å². The zero-order valence-corrected chi connectivity index (χ0v) is 15.5. The zero-order valence-electron chi connectivity index (χ0n) is 14.7. The number of pyridine rings is 1. The molecule has 0 saturated carbocycles. The van der Waals surface area contributed by atoms with Crippen LogP contribution >= 0.6 is 11.6 Å². The van der Waals surface area contributed by atoms with Crippen LogP contribution in [0.25, 0.3) is 0 Å². The number of aromatic hydroxyl groups is 1. The second-order valence-corrected chi connectivity index (χ2v) is 7.00. The Morgan fingerprint density at radius 3 is 3.00 bits per heavy atom. The number of piperidine rings is 1. The summed E-state index contributed by atoms with van der Waals surface area (Å²) in [5.74, 6) is 0.278. The van der Waals surface area contributed by atoms with Crippen molar-refractivity contribution in [3.8, 4) is 5.75 Å². The maximum atomic E-state index is 12.3. The molecule has 0 aliphatic carbocycles. The van der Waals surface area contributed by atoms with Crippen molar-refractivity contribution in [3.63, 3.8) is 0 Å². The van der Waals surface area contributed by atoms with Crippen LogP contribution in [-0.2, 0) is 6.54 Å². The van der Waals surface area contributed by atoms with Gasteiger partial charge in [0.25, 0.3) is 0 Å². The molecule has 7 heteroatoms. The number of carbonyl (C=O) groups excluding carboxylic acids is 1. The molecule has 3 N–H and O–H groups in total. The van der Waals surface area contributed by atoms with Gasteiger partial charge in [-0.2, -0.15) is 0 Å². The molecule has 1 aliphatic rings. The molecule has 6 nitrogen and oxygen atoms in total. The largest absolute Gasteiger partial charge is 0.508 e. The average molecular weight is 375 g/mol. The molecule has 1 aromatic heterocycles. The standard InChI is InChI=1S/C19H23ClN4O2/c1-13-17(7-8-18(20)21-13)23-19(26)22-15-5-3-9-24(12-15)11-14-4-2-6-16(25)10-14/h2,4,6-8,10,15,25H,3,5,9,11-12H2,1H3,(H2,22,23,26)/t15-/m0/s1. The second kappa shape index (κ2) is 8.38. The third-order valence-electron chi connectivity index (χ3n) is 4.46. The van der Waals surface area contributed by atoms with Gasteiger partial charge in [0.05, 0.1) is 11.4 Å². The Hall–Kier alpha value is -2.31. The normalized spacial score (nSPS) is 17.7. The molecular formula is C19H23ClN4O2. The number of phenolic OH excluding ortho intramolecular Hbond substituents is 1. The van der Waals surface area contributed by atoms with Crippen LogP contribution in [0.2, 0.25) is 5.15 Å². The van der Waals surface area contributed by atoms with Crippen LogP contribution in [0, 0.1) is 6.92 Å². The van der Waals surface area contributed by atoms with Crippen molar-refractivity contribution in [2.75, 3.05) is 18.4 Å². The molecule has 2 amide bonds. The number of hydrogen-bond acceptors (Lipinski definition) is 4. The van der Waals surface area contributed by atoms with E-state index in [2.05, 4.69) is 20.5 Å². The predicted octanol–water partition coefficient (Wildman–Crippen LogP) is 3.54. The number of rotatable bonds is 4. The summed E-state index contributed by atoms with van der Waals surface area (Å²) in [5.41, 5.74) is 2.40. The third kappa shape index (κ3) is 5.09. The van der Waals surface area contributed by atoms with Gasteiger partial charge >= 0.3 is 6.03 Å². The van der Waals surface area contributed by atoms with Gasteiger partial charge in [-0.05, 0) is 56.1 Å². The fourth-order valence-electron chi connectivity index (χ4n) is 3.24. The zero-order chi connectivity index (χ0) is 18.5. The van der Waals surface area contributed by atoms with Gasteiger partial charge in [-0.15, -0.1) is 0 Å². The fraction of sp³-hybridized carbons (Fsp3) is 0.368. The van der Waals surface area contributed by atoms with E-state index in [1.807, 2.05) is 12.1 Å². The lowest BCUT2D eigenvalue weighted by atomic mass is 10.0. The third-order valence-corrected chi connectivity index (χ3v) is 4.67. The average Bonchev–Trinajstić information content (AvgIpc) is 2.58. The van der Waals surface area contributed by atoms with Gasteiger partial charge in [0.1, 0.15) is 10.9 Å². The minimum atomic E-state index is -0.235. The number of likely N-dealkylation sites (tertiary alicyclic amines) is 1. The van der Waals surface area contributed by atoms with Crippen molar-refractivity contribution < 1.29 is 9.90 Å². The molecule has 0 radical (unpaired) electrons. The number of aryl methyl sites for hydroxylation is 1. The van der Waals surface area contributed by atoms with E-state index in [4.69, 9.17) is 11.6 Å². The highest BCUT2D eigenvalue weighted by Crippen LogP contribution is 2.18. The predicted molar refractivity (Wildman–Crippen MR) is 103 cm³/mol. The van der Waals surface area contributed by atoms with Gasteiger partial charge in [0, 0.05) is 19.1 Å². The van der Waals surface area contributed by atoms with Crippen molar-refractivity contribution in [1.29, 1.82) is 0 Å². The number of hydrogen-bond donors (Lipinski definition) is 3. The highest BCUT2D eigenvalue weighted by Gasteiger charge is 2.21. The number of phenols is 1. The van der Waals surface area contributed by atoms with Gasteiger partial charge in [-0.1, -0.05) is 23.7 Å². The van der Waals surface area contributed by atoms with Gasteiger partial charge < -0.3 is 15.7 Å². The van der Waals surface area contributed by atoms with Crippen molar-refractivity contribution in [2.24, 2.45) is 0 Å². The molecule has 1 fully saturated rings. The second-order valence-electron chi connectivity index (χ2n) is 6.61. The summed E-state index contributed by atoms with van der Waals surface area (Å²) >= 11 is 5.84. The van der Waals surface area contributed by atoms with Crippen molar-refractivity contribution in [3.05, 3.63) is 52.8 Å². The summed E-state index contributed by atoms with van der Waals surface area (Å²) in [6.07, 6.45) is 1.97. The maximum Gasteiger partial charge on any atom is 0.319 e. The van der Waals surface area contributed by atoms with Crippen molar-refractivity contribution >= 4 is 23.3 Å². The Balaban J connectivity index is 1.53. The first-order valence-corrected chi connectivity index (χ1v) is 9.08. The minimum Gasteiger partial charge on any atom is -0.508 e. The maximum absolute atomic E-state index is 12.3. The highest BCUT2D eigenvalue weighted by atomic mass is 35.5.